The Morgan fingerprint density at radius 2 is 2.08 bits per heavy atom. The first-order valence-electron chi connectivity index (χ1n) is 8.23. The molecule has 1 saturated heterocycles. The lowest BCUT2D eigenvalue weighted by molar-refractivity contribution is 0.643. The zero-order chi connectivity index (χ0) is 16.4. The van der Waals surface area contributed by atoms with Gasteiger partial charge in [-0.1, -0.05) is 30.3 Å². The zero-order valence-electron chi connectivity index (χ0n) is 13.3. The minimum Gasteiger partial charge on any atom is -0.349 e. The summed E-state index contributed by atoms with van der Waals surface area (Å²) in [7, 11) is 0. The minimum atomic E-state index is 0.340. The Hall–Kier alpha value is -2.94. The van der Waals surface area contributed by atoms with Crippen LogP contribution in [0.3, 0.4) is 0 Å². The molecule has 1 aliphatic rings. The Balaban J connectivity index is 1.73. The second kappa shape index (κ2) is 6.28. The van der Waals surface area contributed by atoms with Gasteiger partial charge < -0.3 is 4.90 Å². The van der Waals surface area contributed by atoms with E-state index >= 15 is 0 Å². The van der Waals surface area contributed by atoms with Gasteiger partial charge in [-0.25, -0.2) is 14.6 Å². The highest BCUT2D eigenvalue weighted by molar-refractivity contribution is 5.87. The van der Waals surface area contributed by atoms with Crippen molar-refractivity contribution in [2.75, 3.05) is 11.4 Å². The van der Waals surface area contributed by atoms with Crippen LogP contribution in [-0.2, 0) is 6.54 Å². The fourth-order valence-electron chi connectivity index (χ4n) is 3.47. The molecule has 6 heteroatoms. The minimum absolute atomic E-state index is 0.340. The van der Waals surface area contributed by atoms with Gasteiger partial charge in [0.2, 0.25) is 0 Å². The molecule has 0 amide bonds. The smallest absolute Gasteiger partial charge is 0.163 e. The van der Waals surface area contributed by atoms with E-state index in [0.717, 1.165) is 36.2 Å². The van der Waals surface area contributed by atoms with E-state index in [1.54, 1.807) is 11.0 Å². The fraction of sp³-hybridized carbons (Fsp3) is 0.333. The van der Waals surface area contributed by atoms with Gasteiger partial charge in [-0.05, 0) is 18.4 Å². The SMILES string of the molecule is N#CCCn1ncc2c(N3CCC[C@@H]3c3ccccc3)ncnc21. The number of hydrogen-bond donors (Lipinski definition) is 0. The first kappa shape index (κ1) is 14.6. The number of hydrogen-bond acceptors (Lipinski definition) is 5. The van der Waals surface area contributed by atoms with Crippen molar-refractivity contribution < 1.29 is 0 Å². The lowest BCUT2D eigenvalue weighted by Gasteiger charge is -2.26. The van der Waals surface area contributed by atoms with Crippen LogP contribution in [0.25, 0.3) is 11.0 Å². The standard InChI is InChI=1S/C18H18N6/c19-9-5-11-24-18-15(12-22-24)17(20-13-21-18)23-10-4-8-16(23)14-6-2-1-3-7-14/h1-3,6-7,12-13,16H,4-5,8,10-11H2/t16-/m1/s1. The molecule has 0 bridgehead atoms. The third-order valence-electron chi connectivity index (χ3n) is 4.56. The van der Waals surface area contributed by atoms with Crippen LogP contribution in [0, 0.1) is 11.3 Å². The lowest BCUT2D eigenvalue weighted by atomic mass is 10.0. The summed E-state index contributed by atoms with van der Waals surface area (Å²) in [6.45, 7) is 1.54. The fourth-order valence-corrected chi connectivity index (χ4v) is 3.47. The molecule has 2 aromatic heterocycles. The molecule has 1 aromatic carbocycles. The van der Waals surface area contributed by atoms with Crippen LogP contribution >= 0.6 is 0 Å². The van der Waals surface area contributed by atoms with Gasteiger partial charge in [-0.3, -0.25) is 0 Å². The summed E-state index contributed by atoms with van der Waals surface area (Å²) in [6, 6.07) is 13.1. The van der Waals surface area contributed by atoms with E-state index in [2.05, 4.69) is 50.3 Å². The van der Waals surface area contributed by atoms with E-state index in [4.69, 9.17) is 5.26 Å². The Morgan fingerprint density at radius 3 is 2.92 bits per heavy atom. The number of benzene rings is 1. The van der Waals surface area contributed by atoms with Crippen LogP contribution in [0.1, 0.15) is 30.9 Å². The van der Waals surface area contributed by atoms with Crippen molar-refractivity contribution in [3.63, 3.8) is 0 Å². The highest BCUT2D eigenvalue weighted by Crippen LogP contribution is 2.37. The number of fused-ring (bicyclic) bond motifs is 1. The monoisotopic (exact) mass is 318 g/mol. The van der Waals surface area contributed by atoms with Crippen LogP contribution in [-0.4, -0.2) is 26.3 Å². The summed E-state index contributed by atoms with van der Waals surface area (Å²) in [6.07, 6.45) is 6.11. The first-order valence-corrected chi connectivity index (χ1v) is 8.23. The van der Waals surface area contributed by atoms with Crippen molar-refractivity contribution >= 4 is 16.9 Å². The third-order valence-corrected chi connectivity index (χ3v) is 4.56. The molecule has 24 heavy (non-hydrogen) atoms. The van der Waals surface area contributed by atoms with E-state index in [-0.39, 0.29) is 0 Å². The zero-order valence-corrected chi connectivity index (χ0v) is 13.3. The van der Waals surface area contributed by atoms with Gasteiger partial charge in [0.15, 0.2) is 5.65 Å². The van der Waals surface area contributed by atoms with E-state index < -0.39 is 0 Å². The molecular weight excluding hydrogens is 300 g/mol. The average Bonchev–Trinajstić information content (AvgIpc) is 3.27. The average molecular weight is 318 g/mol. The number of anilines is 1. The normalized spacial score (nSPS) is 17.3. The van der Waals surface area contributed by atoms with Crippen molar-refractivity contribution in [1.82, 2.24) is 19.7 Å². The van der Waals surface area contributed by atoms with Crippen LogP contribution in [0.4, 0.5) is 5.82 Å². The van der Waals surface area contributed by atoms with Gasteiger partial charge >= 0.3 is 0 Å². The van der Waals surface area contributed by atoms with Crippen molar-refractivity contribution in [2.45, 2.75) is 31.8 Å². The number of nitriles is 1. The molecule has 0 aliphatic carbocycles. The Bertz CT molecular complexity index is 879. The first-order chi connectivity index (χ1) is 11.9. The molecule has 0 spiro atoms. The van der Waals surface area contributed by atoms with Gasteiger partial charge in [0, 0.05) is 6.54 Å². The molecule has 6 nitrogen and oxygen atoms in total. The van der Waals surface area contributed by atoms with Crippen molar-refractivity contribution in [3.8, 4) is 6.07 Å². The van der Waals surface area contributed by atoms with Crippen LogP contribution in [0.2, 0.25) is 0 Å². The van der Waals surface area contributed by atoms with Gasteiger partial charge in [0.25, 0.3) is 0 Å². The number of aromatic nitrogens is 4. The highest BCUT2D eigenvalue weighted by Gasteiger charge is 2.28. The molecule has 3 heterocycles. The van der Waals surface area contributed by atoms with E-state index in [1.165, 1.54) is 5.56 Å². The van der Waals surface area contributed by atoms with Crippen LogP contribution in [0.15, 0.2) is 42.9 Å². The molecule has 120 valence electrons. The van der Waals surface area contributed by atoms with E-state index in [9.17, 15) is 0 Å². The summed E-state index contributed by atoms with van der Waals surface area (Å²) in [5.41, 5.74) is 2.12. The molecule has 1 fully saturated rings. The summed E-state index contributed by atoms with van der Waals surface area (Å²) in [5, 5.41) is 14.1. The Morgan fingerprint density at radius 1 is 1.21 bits per heavy atom. The molecule has 0 N–H and O–H groups in total. The highest BCUT2D eigenvalue weighted by atomic mass is 15.3. The predicted molar refractivity (Wildman–Crippen MR) is 91.3 cm³/mol. The van der Waals surface area contributed by atoms with Crippen LogP contribution in [0.5, 0.6) is 0 Å². The van der Waals surface area contributed by atoms with Gasteiger partial charge in [0.05, 0.1) is 36.7 Å². The third kappa shape index (κ3) is 2.48. The molecule has 1 atom stereocenters. The number of nitrogens with zero attached hydrogens (tertiary/aromatic N) is 6. The van der Waals surface area contributed by atoms with Gasteiger partial charge in [-0.2, -0.15) is 10.4 Å². The molecular formula is C18H18N6. The summed E-state index contributed by atoms with van der Waals surface area (Å²) in [5.74, 6) is 0.939. The van der Waals surface area contributed by atoms with Gasteiger partial charge in [0.1, 0.15) is 12.1 Å². The maximum Gasteiger partial charge on any atom is 0.163 e. The summed E-state index contributed by atoms with van der Waals surface area (Å²) >= 11 is 0. The van der Waals surface area contributed by atoms with E-state index in [1.807, 2.05) is 12.3 Å². The largest absolute Gasteiger partial charge is 0.349 e. The van der Waals surface area contributed by atoms with Crippen molar-refractivity contribution in [1.29, 1.82) is 5.26 Å². The molecule has 0 unspecified atom stereocenters. The van der Waals surface area contributed by atoms with Crippen molar-refractivity contribution in [3.05, 3.63) is 48.4 Å². The van der Waals surface area contributed by atoms with Gasteiger partial charge in [-0.15, -0.1) is 0 Å². The summed E-state index contributed by atoms with van der Waals surface area (Å²) < 4.78 is 1.79. The molecule has 3 aromatic rings. The molecule has 4 rings (SSSR count). The Kier molecular flexibility index (Phi) is 3.83. The summed E-state index contributed by atoms with van der Waals surface area (Å²) in [4.78, 5) is 11.3. The second-order valence-electron chi connectivity index (χ2n) is 5.97. The Labute approximate surface area is 140 Å². The topological polar surface area (TPSA) is 70.6 Å². The molecule has 1 aliphatic heterocycles. The maximum absolute atomic E-state index is 8.79. The molecule has 0 radical (unpaired) electrons. The van der Waals surface area contributed by atoms with E-state index in [0.29, 0.717) is 19.0 Å². The number of aryl methyl sites for hydroxylation is 1. The van der Waals surface area contributed by atoms with Crippen molar-refractivity contribution in [2.24, 2.45) is 0 Å². The predicted octanol–water partition coefficient (Wildman–Crippen LogP) is 3.08. The quantitative estimate of drug-likeness (QED) is 0.739. The lowest BCUT2D eigenvalue weighted by Crippen LogP contribution is -2.23. The van der Waals surface area contributed by atoms with Crippen LogP contribution < -0.4 is 4.90 Å². The maximum atomic E-state index is 8.79. The number of rotatable bonds is 4. The second-order valence-corrected chi connectivity index (χ2v) is 5.97. The molecule has 0 saturated carbocycles.